The number of benzene rings is 2. The molecule has 2 nitrogen and oxygen atoms in total. The van der Waals surface area contributed by atoms with Gasteiger partial charge in [0.15, 0.2) is 6.29 Å². The minimum Gasteiger partial charge on any atom is -0.341 e. The van der Waals surface area contributed by atoms with E-state index < -0.39 is 0 Å². The van der Waals surface area contributed by atoms with Crippen molar-refractivity contribution in [3.05, 3.63) is 59.7 Å². The van der Waals surface area contributed by atoms with Crippen LogP contribution in [-0.2, 0) is 0 Å². The van der Waals surface area contributed by atoms with Gasteiger partial charge in [-0.3, -0.25) is 4.79 Å². The molecule has 0 unspecified atom stereocenters. The van der Waals surface area contributed by atoms with Crippen LogP contribution in [0.4, 0.5) is 11.4 Å². The quantitative estimate of drug-likeness (QED) is 0.752. The van der Waals surface area contributed by atoms with Gasteiger partial charge in [-0.05, 0) is 43.7 Å². The maximum absolute atomic E-state index is 11.1. The highest BCUT2D eigenvalue weighted by molar-refractivity contribution is 5.86. The molecule has 2 heteroatoms. The van der Waals surface area contributed by atoms with E-state index in [1.165, 1.54) is 5.56 Å². The van der Waals surface area contributed by atoms with Crippen LogP contribution < -0.4 is 4.90 Å². The van der Waals surface area contributed by atoms with E-state index >= 15 is 0 Å². The van der Waals surface area contributed by atoms with Gasteiger partial charge in [-0.2, -0.15) is 0 Å². The molecule has 0 amide bonds. The number of aryl methyl sites for hydroxylation is 1. The molecule has 0 aromatic heterocycles. The molecule has 0 N–H and O–H groups in total. The molecule has 0 heterocycles. The molecule has 2 aromatic carbocycles. The summed E-state index contributed by atoms with van der Waals surface area (Å²) in [4.78, 5) is 13.3. The lowest BCUT2D eigenvalue weighted by molar-refractivity contribution is 0.112. The van der Waals surface area contributed by atoms with Crippen LogP contribution in [0.2, 0.25) is 0 Å². The monoisotopic (exact) mass is 239 g/mol. The van der Waals surface area contributed by atoms with Gasteiger partial charge in [0.1, 0.15) is 0 Å². The van der Waals surface area contributed by atoms with Gasteiger partial charge in [-0.1, -0.05) is 24.3 Å². The summed E-state index contributed by atoms with van der Waals surface area (Å²) in [6.45, 7) is 4.99. The lowest BCUT2D eigenvalue weighted by Gasteiger charge is -2.25. The van der Waals surface area contributed by atoms with Crippen LogP contribution in [0.5, 0.6) is 0 Å². The van der Waals surface area contributed by atoms with Gasteiger partial charge in [-0.25, -0.2) is 0 Å². The van der Waals surface area contributed by atoms with Crippen LogP contribution in [0.1, 0.15) is 22.8 Å². The van der Waals surface area contributed by atoms with Gasteiger partial charge >= 0.3 is 0 Å². The Labute approximate surface area is 108 Å². The smallest absolute Gasteiger partial charge is 0.152 e. The van der Waals surface area contributed by atoms with Crippen LogP contribution in [0.25, 0.3) is 0 Å². The molecule has 2 aromatic rings. The third-order valence-corrected chi connectivity index (χ3v) is 2.98. The highest BCUT2D eigenvalue weighted by Crippen LogP contribution is 2.27. The first kappa shape index (κ1) is 12.4. The van der Waals surface area contributed by atoms with Crippen LogP contribution >= 0.6 is 0 Å². The van der Waals surface area contributed by atoms with Crippen molar-refractivity contribution in [1.29, 1.82) is 0 Å². The summed E-state index contributed by atoms with van der Waals surface area (Å²) in [6, 6.07) is 16.0. The fraction of sp³-hybridized carbons (Fsp3) is 0.188. The molecule has 0 bridgehead atoms. The Hall–Kier alpha value is -2.09. The largest absolute Gasteiger partial charge is 0.341 e. The second-order valence-corrected chi connectivity index (χ2v) is 4.26. The maximum Gasteiger partial charge on any atom is 0.152 e. The first-order valence-electron chi connectivity index (χ1n) is 6.14. The molecule has 0 atom stereocenters. The van der Waals surface area contributed by atoms with Crippen molar-refractivity contribution in [3.8, 4) is 0 Å². The molecule has 92 valence electrons. The third kappa shape index (κ3) is 2.43. The highest BCUT2D eigenvalue weighted by atomic mass is 16.1. The van der Waals surface area contributed by atoms with Crippen molar-refractivity contribution in [3.63, 3.8) is 0 Å². The minimum atomic E-state index is 0.723. The second-order valence-electron chi connectivity index (χ2n) is 4.26. The summed E-state index contributed by atoms with van der Waals surface area (Å²) in [7, 11) is 0. The van der Waals surface area contributed by atoms with Crippen LogP contribution in [0.15, 0.2) is 48.5 Å². The number of hydrogen-bond acceptors (Lipinski definition) is 2. The summed E-state index contributed by atoms with van der Waals surface area (Å²) < 4.78 is 0. The average Bonchev–Trinajstić information content (AvgIpc) is 2.40. The first-order valence-corrected chi connectivity index (χ1v) is 6.14. The lowest BCUT2D eigenvalue weighted by Crippen LogP contribution is -2.17. The Kier molecular flexibility index (Phi) is 3.78. The topological polar surface area (TPSA) is 20.3 Å². The van der Waals surface area contributed by atoms with Crippen LogP contribution in [-0.4, -0.2) is 12.8 Å². The Morgan fingerprint density at radius 3 is 2.56 bits per heavy atom. The normalized spacial score (nSPS) is 10.1. The van der Waals surface area contributed by atoms with E-state index in [0.29, 0.717) is 0 Å². The van der Waals surface area contributed by atoms with Crippen molar-refractivity contribution in [2.75, 3.05) is 11.4 Å². The number of hydrogen-bond donors (Lipinski definition) is 0. The Morgan fingerprint density at radius 2 is 1.89 bits per heavy atom. The maximum atomic E-state index is 11.1. The lowest BCUT2D eigenvalue weighted by atomic mass is 10.1. The third-order valence-electron chi connectivity index (χ3n) is 2.98. The van der Waals surface area contributed by atoms with E-state index in [1.54, 1.807) is 0 Å². The highest BCUT2D eigenvalue weighted by Gasteiger charge is 2.10. The van der Waals surface area contributed by atoms with E-state index in [9.17, 15) is 4.79 Å². The van der Waals surface area contributed by atoms with E-state index in [4.69, 9.17) is 0 Å². The molecule has 18 heavy (non-hydrogen) atoms. The molecule has 0 aliphatic heterocycles. The molecule has 0 aliphatic carbocycles. The number of para-hydroxylation sites is 1. The first-order chi connectivity index (χ1) is 8.76. The number of carbonyl (C=O) groups is 1. The molecule has 2 rings (SSSR count). The van der Waals surface area contributed by atoms with Crippen molar-refractivity contribution in [1.82, 2.24) is 0 Å². The van der Waals surface area contributed by atoms with E-state index in [-0.39, 0.29) is 0 Å². The van der Waals surface area contributed by atoms with E-state index in [0.717, 1.165) is 29.8 Å². The van der Waals surface area contributed by atoms with Gasteiger partial charge in [0.2, 0.25) is 0 Å². The average molecular weight is 239 g/mol. The molecule has 0 fully saturated rings. The zero-order valence-corrected chi connectivity index (χ0v) is 10.8. The van der Waals surface area contributed by atoms with Gasteiger partial charge in [0, 0.05) is 17.8 Å². The summed E-state index contributed by atoms with van der Waals surface area (Å²) in [5.41, 5.74) is 4.02. The molecule has 0 saturated heterocycles. The Balaban J connectivity index is 2.48. The molecular formula is C16H17NO. The zero-order chi connectivity index (χ0) is 13.0. The summed E-state index contributed by atoms with van der Waals surface area (Å²) in [5, 5.41) is 0. The van der Waals surface area contributed by atoms with Gasteiger partial charge in [0.25, 0.3) is 0 Å². The van der Waals surface area contributed by atoms with Gasteiger partial charge < -0.3 is 4.90 Å². The fourth-order valence-electron chi connectivity index (χ4n) is 2.12. The van der Waals surface area contributed by atoms with Crippen LogP contribution in [0.3, 0.4) is 0 Å². The molecule has 0 saturated carbocycles. The number of carbonyl (C=O) groups excluding carboxylic acids is 1. The van der Waals surface area contributed by atoms with Crippen molar-refractivity contribution >= 4 is 17.7 Å². The Morgan fingerprint density at radius 1 is 1.11 bits per heavy atom. The summed E-state index contributed by atoms with van der Waals surface area (Å²) >= 11 is 0. The minimum absolute atomic E-state index is 0.723. The second kappa shape index (κ2) is 5.50. The number of nitrogens with zero attached hydrogens (tertiary/aromatic N) is 1. The molecule has 0 radical (unpaired) electrons. The predicted octanol–water partition coefficient (Wildman–Crippen LogP) is 3.97. The Bertz CT molecular complexity index is 548. The molecule has 0 spiro atoms. The van der Waals surface area contributed by atoms with Gasteiger partial charge in [0.05, 0.1) is 5.69 Å². The number of rotatable bonds is 4. The van der Waals surface area contributed by atoms with Crippen LogP contribution in [0, 0.1) is 6.92 Å². The molecular weight excluding hydrogens is 222 g/mol. The van der Waals surface area contributed by atoms with E-state index in [1.807, 2.05) is 30.3 Å². The standard InChI is InChI=1S/C16H17NO/c1-3-17(15-9-6-7-13(2)11-15)16-10-5-4-8-14(16)12-18/h4-12H,3H2,1-2H3. The van der Waals surface area contributed by atoms with Crippen molar-refractivity contribution in [2.45, 2.75) is 13.8 Å². The number of anilines is 2. The number of aldehydes is 1. The zero-order valence-electron chi connectivity index (χ0n) is 10.8. The van der Waals surface area contributed by atoms with E-state index in [2.05, 4.69) is 36.9 Å². The summed E-state index contributed by atoms with van der Waals surface area (Å²) in [6.07, 6.45) is 0.911. The molecule has 0 aliphatic rings. The fourth-order valence-corrected chi connectivity index (χ4v) is 2.12. The van der Waals surface area contributed by atoms with Crippen molar-refractivity contribution < 1.29 is 4.79 Å². The summed E-state index contributed by atoms with van der Waals surface area (Å²) in [5.74, 6) is 0. The van der Waals surface area contributed by atoms with Crippen molar-refractivity contribution in [2.24, 2.45) is 0 Å². The SMILES string of the molecule is CCN(c1cccc(C)c1)c1ccccc1C=O. The van der Waals surface area contributed by atoms with Gasteiger partial charge in [-0.15, -0.1) is 0 Å². The predicted molar refractivity (Wildman–Crippen MR) is 75.7 cm³/mol.